The Kier molecular flexibility index (Phi) is 88.1. The van der Waals surface area contributed by atoms with E-state index in [1.807, 2.05) is 6.92 Å². The highest BCUT2D eigenvalue weighted by molar-refractivity contribution is 7.80. The zero-order valence-corrected chi connectivity index (χ0v) is 45.8. The predicted molar refractivity (Wildman–Crippen MR) is 307 cm³/mol. The predicted octanol–water partition coefficient (Wildman–Crippen LogP) is 1.43. The van der Waals surface area contributed by atoms with E-state index in [2.05, 4.69) is 102 Å². The minimum atomic E-state index is -0.401. The number of hydrogen-bond acceptors (Lipinski definition) is 20. The van der Waals surface area contributed by atoms with Gasteiger partial charge in [0.15, 0.2) is 5.11 Å². The van der Waals surface area contributed by atoms with Crippen molar-refractivity contribution in [1.82, 2.24) is 64.9 Å². The molecule has 30 heteroatoms. The van der Waals surface area contributed by atoms with Crippen molar-refractivity contribution in [3.63, 3.8) is 0 Å². The third-order valence-corrected chi connectivity index (χ3v) is 7.50. The summed E-state index contributed by atoms with van der Waals surface area (Å²) in [6.07, 6.45) is 19.6. The van der Waals surface area contributed by atoms with Crippen molar-refractivity contribution in [2.24, 2.45) is 30.6 Å². The number of urea groups is 2. The minimum Gasteiger partial charge on any atom is -0.396 e. The first-order chi connectivity index (χ1) is 35.3. The van der Waals surface area contributed by atoms with E-state index in [1.54, 1.807) is 47.0 Å². The van der Waals surface area contributed by atoms with Crippen molar-refractivity contribution in [2.75, 3.05) is 72.4 Å². The van der Waals surface area contributed by atoms with Crippen molar-refractivity contribution in [1.29, 1.82) is 0 Å². The van der Waals surface area contributed by atoms with Gasteiger partial charge >= 0.3 is 12.1 Å². The average Bonchev–Trinajstić information content (AvgIpc) is 3.39. The van der Waals surface area contributed by atoms with Crippen LogP contribution in [0.4, 0.5) is 9.59 Å². The van der Waals surface area contributed by atoms with Crippen molar-refractivity contribution in [3.05, 3.63) is 0 Å². The first kappa shape index (κ1) is 82.6. The van der Waals surface area contributed by atoms with Gasteiger partial charge in [-0.1, -0.05) is 20.8 Å². The van der Waals surface area contributed by atoms with Gasteiger partial charge in [-0.25, -0.2) is 42.1 Å². The summed E-state index contributed by atoms with van der Waals surface area (Å²) < 4.78 is 5.00. The van der Waals surface area contributed by atoms with Crippen LogP contribution < -0.4 is 64.9 Å². The summed E-state index contributed by atoms with van der Waals surface area (Å²) in [6, 6.07) is -0.715. The summed E-state index contributed by atoms with van der Waals surface area (Å²) >= 11 is 9.75. The Labute approximate surface area is 451 Å². The summed E-state index contributed by atoms with van der Waals surface area (Å²) in [5, 5.41) is 70.5. The van der Waals surface area contributed by atoms with Crippen molar-refractivity contribution in [3.8, 4) is 0 Å². The maximum atomic E-state index is 10.8. The Hall–Kier alpha value is -5.44. The number of unbranched alkanes of at least 4 members (excludes halogenated alkanes) is 6. The first-order valence-electron chi connectivity index (χ1n) is 24.1. The topological polar surface area (TPSA) is 397 Å². The summed E-state index contributed by atoms with van der Waals surface area (Å²) in [5.41, 5.74) is 25.1. The number of hydrogen-bond donors (Lipinski definition) is 17. The normalized spacial score (nSPS) is 10.2. The van der Waals surface area contributed by atoms with Gasteiger partial charge in [0.1, 0.15) is 6.61 Å². The number of aliphatic hydroxyl groups excluding tert-OH is 5. The van der Waals surface area contributed by atoms with E-state index in [4.69, 9.17) is 54.7 Å². The monoisotopic (exact) mass is 1100 g/mol. The second-order valence-electron chi connectivity index (χ2n) is 13.4. The number of rotatable bonds is 33. The number of hydrazone groups is 6. The van der Waals surface area contributed by atoms with Gasteiger partial charge in [-0.3, -0.25) is 31.3 Å². The number of ether oxygens (including phenoxy) is 1. The van der Waals surface area contributed by atoms with E-state index in [1.165, 1.54) is 31.3 Å². The molecule has 17 N–H and O–H groups in total. The van der Waals surface area contributed by atoms with E-state index >= 15 is 0 Å². The van der Waals surface area contributed by atoms with Crippen LogP contribution in [0.5, 0.6) is 0 Å². The molecule has 0 aromatic rings. The molecule has 0 aliphatic rings. The summed E-state index contributed by atoms with van der Waals surface area (Å²) in [7, 11) is 0. The van der Waals surface area contributed by atoms with E-state index in [9.17, 15) is 19.2 Å². The van der Waals surface area contributed by atoms with Crippen LogP contribution in [0.3, 0.4) is 0 Å². The molecule has 0 rings (SSSR count). The molecule has 74 heavy (non-hydrogen) atoms. The molecule has 0 heterocycles. The summed E-state index contributed by atoms with van der Waals surface area (Å²) in [6.45, 7) is 16.9. The Morgan fingerprint density at radius 2 is 0.838 bits per heavy atom. The highest BCUT2D eigenvalue weighted by Crippen LogP contribution is 1.93. The molecule has 0 bridgehead atoms. The minimum absolute atomic E-state index is 0. The molecule has 6 amide bonds. The number of aliphatic hydroxyl groups is 5. The van der Waals surface area contributed by atoms with Crippen LogP contribution in [-0.4, -0.2) is 169 Å². The second kappa shape index (κ2) is 79.0. The molecule has 0 aromatic heterocycles. The SMILES string of the molecule is C.CC=NNC(=O)CCCCO.CC=NNC(=O)COCCCCO.CC=NNC(=O)NCCCCO.CC=NNC(=O)NNCCCCO.CC=NNC(=S)NCCCC.CC=NNC(=S)NNCCCCO. The Bertz CT molecular complexity index is 1320. The number of amides is 6. The highest BCUT2D eigenvalue weighted by atomic mass is 32.1. The standard InChI is InChI=1S/C8H16N2O3.C7H16N4O2.C7H16N4OS.C7H15N3O2.C7H15N3S.C7H14N2O2.CH4/c1-2-9-10-8(12)7-13-6-4-3-5-11;2*1-2-8-10-7(13)11-9-5-3-4-6-12;1-2-9-10-7(12)8-5-3-4-6-11;1-3-5-6-8-7(11)10-9-4-2;1-2-8-9-7(11)5-3-4-6-10;/h2,11H,3-7H2,1H3,(H,10,12);2*2,9,12H,3-6H2,1H3,(H2,10,11,13);2,11H,3-6H2,1H3,(H2,8,10,12);4H,3,5-6H2,1-2H3,(H2,8,10,11);2,10H,3-6H2,1H3,(H,9,11);1H4. The number of nitrogens with zero attached hydrogens (tertiary/aromatic N) is 6. The lowest BCUT2D eigenvalue weighted by atomic mass is 10.2. The lowest BCUT2D eigenvalue weighted by molar-refractivity contribution is -0.125. The average molecular weight is 1100 g/mol. The van der Waals surface area contributed by atoms with E-state index < -0.39 is 6.03 Å². The van der Waals surface area contributed by atoms with Crippen molar-refractivity contribution >= 4 is 95.8 Å². The van der Waals surface area contributed by atoms with Crippen LogP contribution in [0, 0.1) is 0 Å². The number of hydrazine groups is 2. The Morgan fingerprint density at radius 1 is 0.446 bits per heavy atom. The third kappa shape index (κ3) is 92.7. The number of nitrogens with one attached hydrogen (secondary N) is 12. The maximum absolute atomic E-state index is 10.8. The lowest BCUT2D eigenvalue weighted by Crippen LogP contribution is -2.42. The molecule has 0 spiro atoms. The van der Waals surface area contributed by atoms with E-state index in [-0.39, 0.29) is 64.9 Å². The van der Waals surface area contributed by atoms with Gasteiger partial charge in [0.05, 0.1) is 0 Å². The van der Waals surface area contributed by atoms with E-state index in [0.717, 1.165) is 58.0 Å². The zero-order chi connectivity index (χ0) is 56.1. The highest BCUT2D eigenvalue weighted by Gasteiger charge is 1.99. The summed E-state index contributed by atoms with van der Waals surface area (Å²) in [4.78, 5) is 43.2. The molecule has 28 nitrogen and oxygen atoms in total. The summed E-state index contributed by atoms with van der Waals surface area (Å²) in [5.74, 6) is -0.362. The maximum Gasteiger partial charge on any atom is 0.349 e. The molecule has 0 aliphatic heterocycles. The Morgan fingerprint density at radius 3 is 1.32 bits per heavy atom. The van der Waals surface area contributed by atoms with Gasteiger partial charge in [-0.05, 0) is 137 Å². The smallest absolute Gasteiger partial charge is 0.349 e. The van der Waals surface area contributed by atoms with Gasteiger partial charge in [-0.15, -0.1) is 0 Å². The molecule has 0 radical (unpaired) electrons. The van der Waals surface area contributed by atoms with Gasteiger partial charge < -0.3 is 40.9 Å². The third-order valence-electron chi connectivity index (χ3n) is 7.07. The molecule has 0 saturated carbocycles. The number of carbonyl (C=O) groups is 4. The van der Waals surface area contributed by atoms with Gasteiger partial charge in [0.25, 0.3) is 5.91 Å². The fraction of sp³-hybridized carbons (Fsp3) is 0.727. The van der Waals surface area contributed by atoms with Gasteiger partial charge in [0, 0.05) is 110 Å². The first-order valence-corrected chi connectivity index (χ1v) is 24.9. The van der Waals surface area contributed by atoms with Crippen LogP contribution in [0.2, 0.25) is 0 Å². The van der Waals surface area contributed by atoms with Gasteiger partial charge in [-0.2, -0.15) is 30.6 Å². The fourth-order valence-electron chi connectivity index (χ4n) is 3.62. The quantitative estimate of drug-likeness (QED) is 0.0191. The van der Waals surface area contributed by atoms with Crippen LogP contribution >= 0.6 is 24.4 Å². The zero-order valence-electron chi connectivity index (χ0n) is 44.2. The Balaban J connectivity index is -0.000000145. The molecule has 0 aliphatic carbocycles. The molecule has 0 saturated heterocycles. The fourth-order valence-corrected chi connectivity index (χ4v) is 3.90. The lowest BCUT2D eigenvalue weighted by Gasteiger charge is -2.07. The molecule has 0 atom stereocenters. The van der Waals surface area contributed by atoms with Crippen LogP contribution in [0.1, 0.15) is 139 Å². The van der Waals surface area contributed by atoms with Crippen LogP contribution in [-0.2, 0) is 14.3 Å². The van der Waals surface area contributed by atoms with E-state index in [0.29, 0.717) is 62.0 Å². The molecular weight excluding hydrogens is 1000 g/mol. The van der Waals surface area contributed by atoms with Crippen LogP contribution in [0.25, 0.3) is 0 Å². The second-order valence-corrected chi connectivity index (χ2v) is 14.2. The molecule has 434 valence electrons. The van der Waals surface area contributed by atoms with Crippen LogP contribution in [0.15, 0.2) is 30.6 Å². The molecule has 0 fully saturated rings. The van der Waals surface area contributed by atoms with Crippen molar-refractivity contribution in [2.45, 2.75) is 139 Å². The molecule has 0 unspecified atom stereocenters. The van der Waals surface area contributed by atoms with Crippen molar-refractivity contribution < 1.29 is 49.4 Å². The molecule has 0 aromatic carbocycles. The molecular formula is C44H96N18O10S2. The van der Waals surface area contributed by atoms with Gasteiger partial charge in [0.2, 0.25) is 11.0 Å². The largest absolute Gasteiger partial charge is 0.396 e. The number of carbonyl (C=O) groups excluding carboxylic acids is 4. The number of thiocarbonyl (C=S) groups is 2.